The normalized spacial score (nSPS) is 24.3. The van der Waals surface area contributed by atoms with Gasteiger partial charge >= 0.3 is 6.18 Å². The van der Waals surface area contributed by atoms with Crippen molar-refractivity contribution in [1.29, 1.82) is 0 Å². The highest BCUT2D eigenvalue weighted by Gasteiger charge is 2.55. The fraction of sp³-hybridized carbons (Fsp3) is 0.500. The van der Waals surface area contributed by atoms with Gasteiger partial charge in [0.05, 0.1) is 6.54 Å². The van der Waals surface area contributed by atoms with Gasteiger partial charge in [0.25, 0.3) is 5.91 Å². The van der Waals surface area contributed by atoms with E-state index < -0.39 is 24.2 Å². The maximum atomic E-state index is 12.8. The van der Waals surface area contributed by atoms with Gasteiger partial charge in [-0.05, 0) is 25.0 Å². The largest absolute Gasteiger partial charge is 0.418 e. The van der Waals surface area contributed by atoms with E-state index in [-0.39, 0.29) is 24.9 Å². The van der Waals surface area contributed by atoms with Crippen molar-refractivity contribution in [3.05, 3.63) is 30.1 Å². The molecule has 19 heavy (non-hydrogen) atoms. The number of piperidine rings is 1. The smallest absolute Gasteiger partial charge is 0.379 e. The number of amides is 1. The third kappa shape index (κ3) is 2.70. The lowest BCUT2D eigenvalue weighted by molar-refractivity contribution is -0.271. The van der Waals surface area contributed by atoms with Crippen LogP contribution < -0.4 is 0 Å². The summed E-state index contributed by atoms with van der Waals surface area (Å²) in [7, 11) is 0. The van der Waals surface area contributed by atoms with Crippen molar-refractivity contribution >= 4 is 5.91 Å². The number of carbonyl (C=O) groups is 1. The Hall–Kier alpha value is -1.63. The first-order valence-corrected chi connectivity index (χ1v) is 5.82. The Morgan fingerprint density at radius 1 is 1.37 bits per heavy atom. The summed E-state index contributed by atoms with van der Waals surface area (Å²) in [4.78, 5) is 16.8. The third-order valence-electron chi connectivity index (χ3n) is 3.21. The van der Waals surface area contributed by atoms with Crippen LogP contribution in [-0.4, -0.2) is 45.8 Å². The predicted octanol–water partition coefficient (Wildman–Crippen LogP) is 1.61. The van der Waals surface area contributed by atoms with E-state index in [1.54, 1.807) is 0 Å². The number of alkyl halides is 3. The number of aromatic nitrogens is 1. The number of carbonyl (C=O) groups excluding carboxylic acids is 1. The lowest BCUT2D eigenvalue weighted by atomic mass is 9.92. The van der Waals surface area contributed by atoms with E-state index in [4.69, 9.17) is 0 Å². The second-order valence-corrected chi connectivity index (χ2v) is 4.60. The van der Waals surface area contributed by atoms with Crippen LogP contribution in [0.4, 0.5) is 13.2 Å². The Morgan fingerprint density at radius 3 is 2.58 bits per heavy atom. The van der Waals surface area contributed by atoms with Crippen LogP contribution in [-0.2, 0) is 0 Å². The number of pyridine rings is 1. The summed E-state index contributed by atoms with van der Waals surface area (Å²) < 4.78 is 38.3. The Bertz CT molecular complexity index is 464. The van der Waals surface area contributed by atoms with Crippen LogP contribution in [0.3, 0.4) is 0 Å². The zero-order valence-electron chi connectivity index (χ0n) is 10.0. The zero-order valence-corrected chi connectivity index (χ0v) is 10.0. The van der Waals surface area contributed by atoms with Gasteiger partial charge in [-0.3, -0.25) is 9.78 Å². The Balaban J connectivity index is 2.16. The van der Waals surface area contributed by atoms with Gasteiger partial charge in [-0.15, -0.1) is 0 Å². The highest BCUT2D eigenvalue weighted by molar-refractivity contribution is 5.94. The highest BCUT2D eigenvalue weighted by atomic mass is 19.4. The molecule has 1 amide bonds. The van der Waals surface area contributed by atoms with Gasteiger partial charge in [-0.25, -0.2) is 0 Å². The van der Waals surface area contributed by atoms with Crippen molar-refractivity contribution in [3.63, 3.8) is 0 Å². The number of rotatable bonds is 1. The molecule has 1 atom stereocenters. The van der Waals surface area contributed by atoms with E-state index in [1.807, 2.05) is 0 Å². The van der Waals surface area contributed by atoms with Gasteiger partial charge in [0.2, 0.25) is 0 Å². The molecular formula is C12H13F3N2O2. The molecule has 1 aliphatic heterocycles. The van der Waals surface area contributed by atoms with E-state index in [2.05, 4.69) is 4.98 Å². The van der Waals surface area contributed by atoms with Crippen LogP contribution in [0.15, 0.2) is 24.5 Å². The molecule has 1 saturated heterocycles. The Labute approximate surface area is 107 Å². The molecule has 4 nitrogen and oxygen atoms in total. The molecule has 1 aromatic rings. The molecule has 2 rings (SSSR count). The summed E-state index contributed by atoms with van der Waals surface area (Å²) in [6.07, 6.45) is -2.20. The lowest BCUT2D eigenvalue weighted by Crippen LogP contribution is -2.58. The van der Waals surface area contributed by atoms with Gasteiger partial charge in [-0.2, -0.15) is 13.2 Å². The number of halogens is 3. The van der Waals surface area contributed by atoms with E-state index in [9.17, 15) is 23.1 Å². The standard InChI is InChI=1S/C12H13F3N2O2/c13-12(14,15)11(19)4-1-7-17(8-11)10(18)9-2-5-16-6-3-9/h2-3,5-6,19H,1,4,7-8H2. The van der Waals surface area contributed by atoms with Crippen molar-refractivity contribution in [3.8, 4) is 0 Å². The summed E-state index contributed by atoms with van der Waals surface area (Å²) in [6, 6.07) is 2.87. The molecule has 0 radical (unpaired) electrons. The molecule has 0 spiro atoms. The first kappa shape index (κ1) is 13.8. The molecule has 1 fully saturated rings. The second kappa shape index (κ2) is 4.80. The molecule has 1 aromatic heterocycles. The topological polar surface area (TPSA) is 53.4 Å². The van der Waals surface area contributed by atoms with Crippen molar-refractivity contribution < 1.29 is 23.1 Å². The minimum absolute atomic E-state index is 0.118. The first-order valence-electron chi connectivity index (χ1n) is 5.82. The third-order valence-corrected chi connectivity index (χ3v) is 3.21. The van der Waals surface area contributed by atoms with Crippen LogP contribution in [0.5, 0.6) is 0 Å². The molecular weight excluding hydrogens is 261 g/mol. The Kier molecular flexibility index (Phi) is 3.49. The molecule has 0 bridgehead atoms. The van der Waals surface area contributed by atoms with Gasteiger partial charge in [0.15, 0.2) is 5.60 Å². The second-order valence-electron chi connectivity index (χ2n) is 4.60. The number of nitrogens with zero attached hydrogens (tertiary/aromatic N) is 2. The summed E-state index contributed by atoms with van der Waals surface area (Å²) in [5, 5.41) is 9.64. The minimum Gasteiger partial charge on any atom is -0.379 e. The SMILES string of the molecule is O=C(c1ccncc1)N1CCCC(O)(C(F)(F)F)C1. The van der Waals surface area contributed by atoms with Crippen LogP contribution in [0, 0.1) is 0 Å². The van der Waals surface area contributed by atoms with Crippen molar-refractivity contribution in [2.75, 3.05) is 13.1 Å². The van der Waals surface area contributed by atoms with Crippen molar-refractivity contribution in [2.24, 2.45) is 0 Å². The van der Waals surface area contributed by atoms with Crippen LogP contribution >= 0.6 is 0 Å². The molecule has 0 saturated carbocycles. The van der Waals surface area contributed by atoms with Crippen LogP contribution in [0.25, 0.3) is 0 Å². The molecule has 1 unspecified atom stereocenters. The first-order chi connectivity index (χ1) is 8.83. The fourth-order valence-electron chi connectivity index (χ4n) is 2.12. The molecule has 2 heterocycles. The Morgan fingerprint density at radius 2 is 2.00 bits per heavy atom. The monoisotopic (exact) mass is 274 g/mol. The summed E-state index contributed by atoms with van der Waals surface area (Å²) in [5.74, 6) is -0.523. The summed E-state index contributed by atoms with van der Waals surface area (Å²) in [6.45, 7) is -0.517. The quantitative estimate of drug-likeness (QED) is 0.846. The number of likely N-dealkylation sites (tertiary alicyclic amines) is 1. The van der Waals surface area contributed by atoms with Gasteiger partial charge < -0.3 is 10.0 Å². The average molecular weight is 274 g/mol. The zero-order chi connectivity index (χ0) is 14.1. The lowest BCUT2D eigenvalue weighted by Gasteiger charge is -2.40. The number of aliphatic hydroxyl groups is 1. The molecule has 1 N–H and O–H groups in total. The van der Waals surface area contributed by atoms with Crippen LogP contribution in [0.1, 0.15) is 23.2 Å². The molecule has 0 aliphatic carbocycles. The fourth-order valence-corrected chi connectivity index (χ4v) is 2.12. The summed E-state index contributed by atoms with van der Waals surface area (Å²) >= 11 is 0. The van der Waals surface area contributed by atoms with E-state index in [0.29, 0.717) is 0 Å². The minimum atomic E-state index is -4.73. The predicted molar refractivity (Wildman–Crippen MR) is 60.4 cm³/mol. The van der Waals surface area contributed by atoms with Crippen molar-refractivity contribution in [2.45, 2.75) is 24.6 Å². The molecule has 7 heteroatoms. The van der Waals surface area contributed by atoms with Gasteiger partial charge in [0.1, 0.15) is 0 Å². The van der Waals surface area contributed by atoms with E-state index in [0.717, 1.165) is 4.90 Å². The van der Waals surface area contributed by atoms with Gasteiger partial charge in [0, 0.05) is 24.5 Å². The highest BCUT2D eigenvalue weighted by Crippen LogP contribution is 2.37. The number of β-amino-alcohol motifs (C(OH)–C–C–N with tert-alkyl or cyclic N) is 1. The molecule has 104 valence electrons. The average Bonchev–Trinajstić information content (AvgIpc) is 2.38. The van der Waals surface area contributed by atoms with Crippen LogP contribution in [0.2, 0.25) is 0 Å². The van der Waals surface area contributed by atoms with E-state index in [1.165, 1.54) is 24.5 Å². The molecule has 0 aromatic carbocycles. The summed E-state index contributed by atoms with van der Waals surface area (Å²) in [5.41, 5.74) is -2.55. The van der Waals surface area contributed by atoms with Crippen molar-refractivity contribution in [1.82, 2.24) is 9.88 Å². The maximum absolute atomic E-state index is 12.8. The maximum Gasteiger partial charge on any atom is 0.418 e. The van der Waals surface area contributed by atoms with E-state index >= 15 is 0 Å². The van der Waals surface area contributed by atoms with Gasteiger partial charge in [-0.1, -0.05) is 0 Å². The number of hydrogen-bond acceptors (Lipinski definition) is 3. The molecule has 1 aliphatic rings. The number of hydrogen-bond donors (Lipinski definition) is 1.